The van der Waals surface area contributed by atoms with Gasteiger partial charge in [-0.3, -0.25) is 15.0 Å². The summed E-state index contributed by atoms with van der Waals surface area (Å²) in [6, 6.07) is 9.03. The maximum atomic E-state index is 13.8. The average molecular weight is 434 g/mol. The van der Waals surface area contributed by atoms with Gasteiger partial charge in [0.1, 0.15) is 5.82 Å². The number of rotatable bonds is 4. The van der Waals surface area contributed by atoms with Crippen LogP contribution in [0.5, 0.6) is 0 Å². The molecule has 0 saturated carbocycles. The number of aromatic nitrogens is 2. The van der Waals surface area contributed by atoms with E-state index in [1.54, 1.807) is 24.3 Å². The van der Waals surface area contributed by atoms with Gasteiger partial charge in [0.25, 0.3) is 5.56 Å². The van der Waals surface area contributed by atoms with E-state index in [9.17, 15) is 27.2 Å². The number of carbonyl (C=O) groups excluding carboxylic acids is 1. The second-order valence-corrected chi connectivity index (χ2v) is 7.29. The maximum Gasteiger partial charge on any atom is 0.419 e. The first-order valence-electron chi connectivity index (χ1n) is 9.66. The highest BCUT2D eigenvalue weighted by atomic mass is 19.4. The normalized spacial score (nSPS) is 14.3. The molecular formula is C21H18F4N4O2. The first kappa shape index (κ1) is 20.8. The van der Waals surface area contributed by atoms with E-state index >= 15 is 0 Å². The smallest absolute Gasteiger partial charge is 0.341 e. The Morgan fingerprint density at radius 1 is 1.10 bits per heavy atom. The highest BCUT2D eigenvalue weighted by Gasteiger charge is 2.34. The summed E-state index contributed by atoms with van der Waals surface area (Å²) >= 11 is 0. The van der Waals surface area contributed by atoms with Gasteiger partial charge >= 0.3 is 6.18 Å². The Labute approximate surface area is 174 Å². The van der Waals surface area contributed by atoms with Gasteiger partial charge in [-0.15, -0.1) is 0 Å². The van der Waals surface area contributed by atoms with E-state index in [0.717, 1.165) is 23.6 Å². The van der Waals surface area contributed by atoms with Crippen LogP contribution < -0.4 is 15.9 Å². The number of alkyl halides is 3. The van der Waals surface area contributed by atoms with Gasteiger partial charge in [-0.25, -0.2) is 9.37 Å². The lowest BCUT2D eigenvalue weighted by Crippen LogP contribution is -2.39. The largest absolute Gasteiger partial charge is 0.419 e. The monoisotopic (exact) mass is 434 g/mol. The lowest BCUT2D eigenvalue weighted by atomic mass is 10.1. The Morgan fingerprint density at radius 3 is 2.48 bits per heavy atom. The van der Waals surface area contributed by atoms with Crippen molar-refractivity contribution in [3.63, 3.8) is 0 Å². The number of amides is 1. The summed E-state index contributed by atoms with van der Waals surface area (Å²) in [5.41, 5.74) is 1.14. The van der Waals surface area contributed by atoms with Crippen LogP contribution in [-0.2, 0) is 17.4 Å². The number of fused-ring (bicyclic) bond motifs is 1. The molecule has 3 aromatic rings. The Hall–Kier alpha value is -3.43. The third-order valence-corrected chi connectivity index (χ3v) is 5.09. The van der Waals surface area contributed by atoms with E-state index in [1.165, 1.54) is 0 Å². The molecule has 0 spiro atoms. The SMILES string of the molecule is O=C(Cc1ccc(C(F)(F)F)c(F)c1)Nn1c(N2CCCC2)nc2ccccc2c1=O. The van der Waals surface area contributed by atoms with Gasteiger partial charge in [-0.1, -0.05) is 18.2 Å². The number of halogens is 4. The van der Waals surface area contributed by atoms with Gasteiger partial charge in [0.15, 0.2) is 0 Å². The molecule has 0 radical (unpaired) electrons. The molecule has 1 amide bonds. The number of benzene rings is 2. The van der Waals surface area contributed by atoms with Crippen molar-refractivity contribution in [1.82, 2.24) is 9.66 Å². The molecule has 0 unspecified atom stereocenters. The molecule has 31 heavy (non-hydrogen) atoms. The Bertz CT molecular complexity index is 1200. The Balaban J connectivity index is 1.64. The van der Waals surface area contributed by atoms with Crippen molar-refractivity contribution in [1.29, 1.82) is 0 Å². The zero-order chi connectivity index (χ0) is 22.2. The lowest BCUT2D eigenvalue weighted by molar-refractivity contribution is -0.140. The van der Waals surface area contributed by atoms with E-state index in [0.29, 0.717) is 36.1 Å². The van der Waals surface area contributed by atoms with Gasteiger partial charge in [0.2, 0.25) is 11.9 Å². The van der Waals surface area contributed by atoms with E-state index in [-0.39, 0.29) is 11.5 Å². The number of para-hydroxylation sites is 1. The van der Waals surface area contributed by atoms with E-state index in [1.807, 2.05) is 4.90 Å². The quantitative estimate of drug-likeness (QED) is 0.639. The van der Waals surface area contributed by atoms with Crippen molar-refractivity contribution in [2.24, 2.45) is 0 Å². The fourth-order valence-electron chi connectivity index (χ4n) is 3.60. The second-order valence-electron chi connectivity index (χ2n) is 7.29. The van der Waals surface area contributed by atoms with E-state index in [4.69, 9.17) is 0 Å². The minimum absolute atomic E-state index is 0.0486. The van der Waals surface area contributed by atoms with Gasteiger partial charge in [-0.05, 0) is 42.7 Å². The molecule has 2 heterocycles. The number of hydrogen-bond donors (Lipinski definition) is 1. The topological polar surface area (TPSA) is 67.2 Å². The maximum absolute atomic E-state index is 13.8. The second kappa shape index (κ2) is 8.01. The van der Waals surface area contributed by atoms with Crippen LogP contribution in [0.4, 0.5) is 23.5 Å². The van der Waals surface area contributed by atoms with Gasteiger partial charge in [-0.2, -0.15) is 17.8 Å². The number of nitrogens with zero attached hydrogens (tertiary/aromatic N) is 3. The number of nitrogens with one attached hydrogen (secondary N) is 1. The average Bonchev–Trinajstić information content (AvgIpc) is 3.23. The van der Waals surface area contributed by atoms with Crippen molar-refractivity contribution in [2.75, 3.05) is 23.4 Å². The van der Waals surface area contributed by atoms with Crippen molar-refractivity contribution in [2.45, 2.75) is 25.4 Å². The van der Waals surface area contributed by atoms with Crippen LogP contribution in [0.2, 0.25) is 0 Å². The van der Waals surface area contributed by atoms with Gasteiger partial charge in [0, 0.05) is 13.1 Å². The minimum Gasteiger partial charge on any atom is -0.341 e. The number of anilines is 1. The summed E-state index contributed by atoms with van der Waals surface area (Å²) in [6.07, 6.45) is -3.39. The van der Waals surface area contributed by atoms with Gasteiger partial charge < -0.3 is 4.90 Å². The molecular weight excluding hydrogens is 416 g/mol. The third kappa shape index (κ3) is 4.23. The zero-order valence-electron chi connectivity index (χ0n) is 16.2. The van der Waals surface area contributed by atoms with Crippen LogP contribution in [0, 0.1) is 5.82 Å². The van der Waals surface area contributed by atoms with Crippen molar-refractivity contribution < 1.29 is 22.4 Å². The third-order valence-electron chi connectivity index (χ3n) is 5.09. The molecule has 2 aromatic carbocycles. The number of hydrogen-bond acceptors (Lipinski definition) is 4. The molecule has 1 aliphatic heterocycles. The lowest BCUT2D eigenvalue weighted by Gasteiger charge is -2.22. The molecule has 1 aromatic heterocycles. The van der Waals surface area contributed by atoms with Crippen molar-refractivity contribution in [3.8, 4) is 0 Å². The van der Waals surface area contributed by atoms with E-state index < -0.39 is 35.4 Å². The summed E-state index contributed by atoms with van der Waals surface area (Å²) in [5.74, 6) is -1.85. The van der Waals surface area contributed by atoms with Crippen LogP contribution >= 0.6 is 0 Å². The molecule has 1 saturated heterocycles. The Morgan fingerprint density at radius 2 is 1.81 bits per heavy atom. The molecule has 1 N–H and O–H groups in total. The summed E-state index contributed by atoms with van der Waals surface area (Å²) in [4.78, 5) is 32.0. The fraction of sp³-hybridized carbons (Fsp3) is 0.286. The molecule has 6 nitrogen and oxygen atoms in total. The Kier molecular flexibility index (Phi) is 5.38. The summed E-state index contributed by atoms with van der Waals surface area (Å²) in [6.45, 7) is 1.34. The van der Waals surface area contributed by atoms with Crippen molar-refractivity contribution >= 4 is 22.8 Å². The standard InChI is InChI=1S/C21H18F4N4O2/c22-16-11-13(7-8-15(16)21(23,24)25)12-18(30)27-29-19(31)14-5-1-2-6-17(14)26-20(29)28-9-3-4-10-28/h1-2,5-8,11H,3-4,9-10,12H2,(H,27,30). The number of carbonyl (C=O) groups is 1. The predicted molar refractivity (Wildman–Crippen MR) is 107 cm³/mol. The van der Waals surface area contributed by atoms with Gasteiger partial charge in [0.05, 0.1) is 22.9 Å². The molecule has 1 fully saturated rings. The first-order valence-corrected chi connectivity index (χ1v) is 9.66. The highest BCUT2D eigenvalue weighted by Crippen LogP contribution is 2.31. The fourth-order valence-corrected chi connectivity index (χ4v) is 3.60. The summed E-state index contributed by atoms with van der Waals surface area (Å²) in [7, 11) is 0. The summed E-state index contributed by atoms with van der Waals surface area (Å²) in [5, 5.41) is 0.311. The molecule has 1 aliphatic rings. The zero-order valence-corrected chi connectivity index (χ0v) is 16.2. The van der Waals surface area contributed by atoms with Crippen LogP contribution in [0.15, 0.2) is 47.3 Å². The summed E-state index contributed by atoms with van der Waals surface area (Å²) < 4.78 is 53.0. The van der Waals surface area contributed by atoms with Crippen LogP contribution in [-0.4, -0.2) is 28.7 Å². The molecule has 0 aliphatic carbocycles. The molecule has 0 atom stereocenters. The predicted octanol–water partition coefficient (Wildman–Crippen LogP) is 3.47. The molecule has 10 heteroatoms. The van der Waals surface area contributed by atoms with Crippen LogP contribution in [0.3, 0.4) is 0 Å². The van der Waals surface area contributed by atoms with Crippen molar-refractivity contribution in [3.05, 3.63) is 69.8 Å². The first-order chi connectivity index (χ1) is 14.7. The van der Waals surface area contributed by atoms with E-state index in [2.05, 4.69) is 10.4 Å². The highest BCUT2D eigenvalue weighted by molar-refractivity contribution is 5.87. The van der Waals surface area contributed by atoms with Crippen LogP contribution in [0.25, 0.3) is 10.9 Å². The minimum atomic E-state index is -4.82. The molecule has 162 valence electrons. The molecule has 4 rings (SSSR count). The molecule has 0 bridgehead atoms. The van der Waals surface area contributed by atoms with Crippen LogP contribution in [0.1, 0.15) is 24.0 Å².